The Morgan fingerprint density at radius 3 is 1.40 bits per heavy atom. The van der Waals surface area contributed by atoms with Gasteiger partial charge in [-0.25, -0.2) is 0 Å². The second kappa shape index (κ2) is 5.07. The number of hydrogen-bond donors (Lipinski definition) is 0. The van der Waals surface area contributed by atoms with Crippen LogP contribution in [0.15, 0.2) is 0 Å². The van der Waals surface area contributed by atoms with E-state index in [2.05, 4.69) is 0 Å². The van der Waals surface area contributed by atoms with Gasteiger partial charge in [0.25, 0.3) is 0 Å². The van der Waals surface area contributed by atoms with Crippen molar-refractivity contribution in [1.29, 1.82) is 0 Å². The molecule has 0 aromatic carbocycles. The van der Waals surface area contributed by atoms with E-state index in [-0.39, 0.29) is 27.3 Å². The van der Waals surface area contributed by atoms with E-state index in [1.807, 2.05) is 0 Å². The first-order chi connectivity index (χ1) is 1.73. The van der Waals surface area contributed by atoms with Gasteiger partial charge in [-0.3, -0.25) is 0 Å². The maximum atomic E-state index is 8.52. The zero-order chi connectivity index (χ0) is 3.58. The molecule has 0 rings (SSSR count). The molecule has 0 aromatic rings. The molecule has 0 aliphatic carbocycles. The van der Waals surface area contributed by atoms with Gasteiger partial charge < -0.3 is 14.4 Å². The van der Waals surface area contributed by atoms with Crippen LogP contribution in [0.2, 0.25) is 0 Å². The summed E-state index contributed by atoms with van der Waals surface area (Å²) in [6.45, 7) is 0. The van der Waals surface area contributed by atoms with Crippen LogP contribution in [-0.2, 0) is 31.9 Å². The average molecular weight is 192 g/mol. The summed E-state index contributed by atoms with van der Waals surface area (Å²) in [5, 5.41) is 0. The van der Waals surface area contributed by atoms with E-state index in [9.17, 15) is 0 Å². The monoisotopic (exact) mass is 194 g/mol. The Morgan fingerprint density at radius 1 is 1.40 bits per heavy atom. The summed E-state index contributed by atoms with van der Waals surface area (Å²) in [5.74, 6) is 0. The minimum atomic E-state index is -3.63. The van der Waals surface area contributed by atoms with Gasteiger partial charge >= 0.3 is 27.3 Å². The molecule has 0 atom stereocenters. The molecule has 0 amide bonds. The molecule has 0 N–H and O–H groups in total. The summed E-state index contributed by atoms with van der Waals surface area (Å²) in [7, 11) is -3.63. The van der Waals surface area contributed by atoms with Crippen molar-refractivity contribution in [2.24, 2.45) is 0 Å². The Balaban J connectivity index is 0. The van der Waals surface area contributed by atoms with Crippen molar-refractivity contribution in [2.45, 2.75) is 0 Å². The number of rotatable bonds is 0. The first-order valence-electron chi connectivity index (χ1n) is 0.612. The predicted molar refractivity (Wildman–Crippen MR) is 9.00 cm³/mol. The summed E-state index contributed by atoms with van der Waals surface area (Å²) in [6, 6.07) is 0. The van der Waals surface area contributed by atoms with Crippen LogP contribution >= 0.6 is 8.25 Å². The Bertz CT molecular complexity index is 29.9. The van der Waals surface area contributed by atoms with Crippen LogP contribution in [0.25, 0.3) is 0 Å². The first kappa shape index (κ1) is 9.42. The van der Waals surface area contributed by atoms with Crippen LogP contribution in [0.1, 0.15) is 0 Å². The Morgan fingerprint density at radius 2 is 1.40 bits per heavy atom. The van der Waals surface area contributed by atoms with Gasteiger partial charge in [0.15, 0.2) is 0 Å². The molecule has 0 radical (unpaired) electrons. The molecular weight excluding hydrogens is 191 g/mol. The van der Waals surface area contributed by atoms with Gasteiger partial charge in [0.1, 0.15) is 0 Å². The van der Waals surface area contributed by atoms with Crippen molar-refractivity contribution in [2.75, 3.05) is 0 Å². The molecule has 0 heterocycles. The fourth-order valence-electron chi connectivity index (χ4n) is 0. The Kier molecular flexibility index (Phi) is 9.56. The van der Waals surface area contributed by atoms with E-state index in [1.54, 1.807) is 0 Å². The molecule has 3 nitrogen and oxygen atoms in total. The second-order valence-electron chi connectivity index (χ2n) is 0.250. The minimum Gasteiger partial charge on any atom is -0.813 e. The smallest absolute Gasteiger partial charge is 0.813 e. The molecule has 0 bridgehead atoms. The summed E-state index contributed by atoms with van der Waals surface area (Å²) < 4.78 is 8.52. The quantitative estimate of drug-likeness (QED) is 0.332. The maximum absolute atomic E-state index is 8.52. The van der Waals surface area contributed by atoms with Crippen LogP contribution in [0.5, 0.6) is 0 Å². The van der Waals surface area contributed by atoms with Gasteiger partial charge in [0, 0.05) is 0 Å². The summed E-state index contributed by atoms with van der Waals surface area (Å²) in [4.78, 5) is 17.0. The van der Waals surface area contributed by atoms with Crippen LogP contribution in [-0.4, -0.2) is 0 Å². The third kappa shape index (κ3) is 41.6. The van der Waals surface area contributed by atoms with E-state index < -0.39 is 8.25 Å². The molecule has 0 saturated heterocycles. The van der Waals surface area contributed by atoms with Gasteiger partial charge in [-0.05, 0) is 0 Å². The summed E-state index contributed by atoms with van der Waals surface area (Å²) in [5.41, 5.74) is 0. The van der Waals surface area contributed by atoms with E-state index in [0.717, 1.165) is 0 Å². The zero-order valence-electron chi connectivity index (χ0n) is 2.43. The van der Waals surface area contributed by atoms with Crippen molar-refractivity contribution in [1.82, 2.24) is 0 Å². The maximum Gasteiger partial charge on any atom is 2.00 e. The van der Waals surface area contributed by atoms with Gasteiger partial charge in [0.05, 0.1) is 0 Å². The Hall–Kier alpha value is 1.07. The van der Waals surface area contributed by atoms with Gasteiger partial charge in [-0.1, -0.05) is 8.25 Å². The largest absolute Gasteiger partial charge is 2.00 e. The average Bonchev–Trinajstić information content (AvgIpc) is 0.811. The third-order valence-electron chi connectivity index (χ3n) is 0. The van der Waals surface area contributed by atoms with Crippen molar-refractivity contribution in [3.05, 3.63) is 0 Å². The van der Waals surface area contributed by atoms with Crippen LogP contribution < -0.4 is 9.79 Å². The molecule has 0 aliphatic heterocycles. The topological polar surface area (TPSA) is 63.2 Å². The molecule has 0 saturated carbocycles. The molecule has 0 fully saturated rings. The Labute approximate surface area is 50.1 Å². The molecular formula is HCdO3P. The third-order valence-corrected chi connectivity index (χ3v) is 0. The van der Waals surface area contributed by atoms with Crippen LogP contribution in [0, 0.1) is 0 Å². The van der Waals surface area contributed by atoms with Gasteiger partial charge in [-0.2, -0.15) is 0 Å². The molecule has 0 aliphatic rings. The van der Waals surface area contributed by atoms with E-state index >= 15 is 0 Å². The van der Waals surface area contributed by atoms with Crippen molar-refractivity contribution >= 4 is 8.25 Å². The molecule has 0 aromatic heterocycles. The zero-order valence-corrected chi connectivity index (χ0v) is 7.47. The predicted octanol–water partition coefficient (Wildman–Crippen LogP) is -1.91. The van der Waals surface area contributed by atoms with Gasteiger partial charge in [-0.15, -0.1) is 0 Å². The van der Waals surface area contributed by atoms with Crippen LogP contribution in [0.4, 0.5) is 0 Å². The van der Waals surface area contributed by atoms with Crippen molar-refractivity contribution in [3.8, 4) is 0 Å². The fourth-order valence-corrected chi connectivity index (χ4v) is 0. The number of hydrogen-bond acceptors (Lipinski definition) is 3. The normalized spacial score (nSPS) is 7.00. The summed E-state index contributed by atoms with van der Waals surface area (Å²) >= 11 is 0. The van der Waals surface area contributed by atoms with E-state index in [4.69, 9.17) is 14.4 Å². The molecule has 5 heteroatoms. The first-order valence-corrected chi connectivity index (χ1v) is 1.84. The SMILES string of the molecule is O=[PH]([O-])[O-].[Cd+2]. The fraction of sp³-hybridized carbons (Fsp3) is 0. The van der Waals surface area contributed by atoms with E-state index in [0.29, 0.717) is 0 Å². The molecule has 5 heavy (non-hydrogen) atoms. The van der Waals surface area contributed by atoms with E-state index in [1.165, 1.54) is 0 Å². The van der Waals surface area contributed by atoms with Crippen molar-refractivity contribution in [3.63, 3.8) is 0 Å². The standard InChI is InChI=1S/Cd.H3O3P/c;1-4(2)3/h;4H,(H2,1,2,3)/q+2;/p-2. The molecule has 0 spiro atoms. The van der Waals surface area contributed by atoms with Crippen molar-refractivity contribution < 1.29 is 41.7 Å². The minimum absolute atomic E-state index is 0. The van der Waals surface area contributed by atoms with Gasteiger partial charge in [0.2, 0.25) is 0 Å². The summed E-state index contributed by atoms with van der Waals surface area (Å²) in [6.07, 6.45) is 0. The van der Waals surface area contributed by atoms with Crippen LogP contribution in [0.3, 0.4) is 0 Å². The second-order valence-corrected chi connectivity index (χ2v) is 0.750. The molecule has 0 unspecified atom stereocenters. The molecule has 26 valence electrons.